The van der Waals surface area contributed by atoms with Gasteiger partial charge in [0.2, 0.25) is 0 Å². The van der Waals surface area contributed by atoms with Gasteiger partial charge in [0, 0.05) is 12.0 Å². The standard InChI is InChI=1S/C19H30O3/c1-18(2)9-4-10-19(3)14-7-5-12(17(21)22)11-15(20)13(14)6-8-16(18)19/h5,13-16,20H,4,6-11H2,1-3H3,(H,21,22)/t13-,14+,15+,16+,19-/m1/s1. The van der Waals surface area contributed by atoms with Gasteiger partial charge in [-0.25, -0.2) is 4.79 Å². The number of carbonyl (C=O) groups is 1. The van der Waals surface area contributed by atoms with E-state index in [0.717, 1.165) is 12.8 Å². The molecule has 0 unspecified atom stereocenters. The van der Waals surface area contributed by atoms with Crippen LogP contribution in [0.1, 0.15) is 65.7 Å². The molecule has 0 aromatic heterocycles. The highest BCUT2D eigenvalue weighted by atomic mass is 16.4. The smallest absolute Gasteiger partial charge is 0.331 e. The van der Waals surface area contributed by atoms with Gasteiger partial charge >= 0.3 is 5.97 Å². The van der Waals surface area contributed by atoms with Crippen molar-refractivity contribution in [1.82, 2.24) is 0 Å². The molecule has 0 amide bonds. The summed E-state index contributed by atoms with van der Waals surface area (Å²) in [5.41, 5.74) is 1.03. The van der Waals surface area contributed by atoms with Crippen LogP contribution in [0.5, 0.6) is 0 Å². The van der Waals surface area contributed by atoms with E-state index in [1.54, 1.807) is 0 Å². The number of aliphatic carboxylic acids is 1. The molecule has 2 N–H and O–H groups in total. The van der Waals surface area contributed by atoms with E-state index >= 15 is 0 Å². The molecule has 0 spiro atoms. The van der Waals surface area contributed by atoms with Crippen molar-refractivity contribution in [3.8, 4) is 0 Å². The SMILES string of the molecule is CC1(C)CCC[C@]2(C)[C@H]3CC=C(C(=O)O)C[C@H](O)[C@@H]3CC[C@@H]12. The first-order valence-electron chi connectivity index (χ1n) is 8.86. The Hall–Kier alpha value is -0.830. The first-order valence-corrected chi connectivity index (χ1v) is 8.86. The number of hydrogen-bond donors (Lipinski definition) is 2. The molecule has 0 saturated heterocycles. The highest BCUT2D eigenvalue weighted by Crippen LogP contribution is 2.63. The lowest BCUT2D eigenvalue weighted by molar-refractivity contribution is -0.133. The van der Waals surface area contributed by atoms with Crippen LogP contribution in [0.25, 0.3) is 0 Å². The number of carboxylic acid groups (broad SMARTS) is 1. The molecule has 0 aromatic carbocycles. The summed E-state index contributed by atoms with van der Waals surface area (Å²) in [6.07, 6.45) is 8.58. The molecule has 0 aliphatic heterocycles. The van der Waals surface area contributed by atoms with Crippen LogP contribution in [0.4, 0.5) is 0 Å². The van der Waals surface area contributed by atoms with Gasteiger partial charge in [-0.15, -0.1) is 0 Å². The zero-order valence-electron chi connectivity index (χ0n) is 14.1. The van der Waals surface area contributed by atoms with E-state index in [0.29, 0.717) is 29.2 Å². The number of allylic oxidation sites excluding steroid dienone is 1. The number of aliphatic hydroxyl groups is 1. The van der Waals surface area contributed by atoms with E-state index in [1.165, 1.54) is 25.7 Å². The van der Waals surface area contributed by atoms with Crippen LogP contribution in [-0.2, 0) is 4.79 Å². The Morgan fingerprint density at radius 3 is 2.64 bits per heavy atom. The minimum absolute atomic E-state index is 0.246. The average Bonchev–Trinajstić information content (AvgIpc) is 2.58. The van der Waals surface area contributed by atoms with Crippen molar-refractivity contribution in [3.05, 3.63) is 11.6 Å². The maximum atomic E-state index is 11.3. The summed E-state index contributed by atoms with van der Waals surface area (Å²) < 4.78 is 0. The van der Waals surface area contributed by atoms with Crippen LogP contribution in [0.3, 0.4) is 0 Å². The molecule has 0 aromatic rings. The normalized spacial score (nSPS) is 44.3. The number of aliphatic hydroxyl groups excluding tert-OH is 1. The van der Waals surface area contributed by atoms with Gasteiger partial charge in [-0.1, -0.05) is 33.3 Å². The van der Waals surface area contributed by atoms with Crippen LogP contribution in [0.15, 0.2) is 11.6 Å². The lowest BCUT2D eigenvalue weighted by Gasteiger charge is -2.59. The fourth-order valence-corrected chi connectivity index (χ4v) is 6.19. The van der Waals surface area contributed by atoms with Crippen LogP contribution in [0.2, 0.25) is 0 Å². The summed E-state index contributed by atoms with van der Waals surface area (Å²) >= 11 is 0. The molecule has 3 heteroatoms. The predicted molar refractivity (Wildman–Crippen MR) is 86.4 cm³/mol. The van der Waals surface area contributed by atoms with Gasteiger partial charge < -0.3 is 10.2 Å². The number of fused-ring (bicyclic) bond motifs is 3. The van der Waals surface area contributed by atoms with Crippen molar-refractivity contribution in [1.29, 1.82) is 0 Å². The largest absolute Gasteiger partial charge is 0.478 e. The van der Waals surface area contributed by atoms with E-state index in [9.17, 15) is 15.0 Å². The van der Waals surface area contributed by atoms with Gasteiger partial charge in [0.25, 0.3) is 0 Å². The van der Waals surface area contributed by atoms with Crippen LogP contribution in [-0.4, -0.2) is 22.3 Å². The summed E-state index contributed by atoms with van der Waals surface area (Å²) in [6.45, 7) is 7.23. The molecule has 0 radical (unpaired) electrons. The zero-order valence-corrected chi connectivity index (χ0v) is 14.1. The van der Waals surface area contributed by atoms with Crippen LogP contribution >= 0.6 is 0 Å². The Labute approximate surface area is 133 Å². The minimum Gasteiger partial charge on any atom is -0.478 e. The fourth-order valence-electron chi connectivity index (χ4n) is 6.19. The van der Waals surface area contributed by atoms with E-state index in [-0.39, 0.29) is 11.3 Å². The highest BCUT2D eigenvalue weighted by molar-refractivity contribution is 5.86. The Kier molecular flexibility index (Phi) is 3.91. The minimum atomic E-state index is -0.858. The third kappa shape index (κ3) is 2.42. The zero-order chi connectivity index (χ0) is 16.1. The van der Waals surface area contributed by atoms with Gasteiger partial charge in [0.1, 0.15) is 0 Å². The van der Waals surface area contributed by atoms with Gasteiger partial charge in [-0.05, 0) is 60.7 Å². The quantitative estimate of drug-likeness (QED) is 0.769. The molecule has 3 aliphatic carbocycles. The van der Waals surface area contributed by atoms with Crippen LogP contribution < -0.4 is 0 Å². The Morgan fingerprint density at radius 1 is 1.23 bits per heavy atom. The van der Waals surface area contributed by atoms with E-state index in [4.69, 9.17) is 0 Å². The molecule has 2 fully saturated rings. The first kappa shape index (κ1) is 16.0. The van der Waals surface area contributed by atoms with Crippen molar-refractivity contribution in [2.45, 2.75) is 71.8 Å². The van der Waals surface area contributed by atoms with E-state index in [2.05, 4.69) is 20.8 Å². The Bertz CT molecular complexity index is 493. The second-order valence-corrected chi connectivity index (χ2v) is 8.79. The molecule has 22 heavy (non-hydrogen) atoms. The summed E-state index contributed by atoms with van der Waals surface area (Å²) in [4.78, 5) is 11.3. The van der Waals surface area contributed by atoms with Crippen LogP contribution in [0, 0.1) is 28.6 Å². The molecule has 0 heterocycles. The third-order valence-electron chi connectivity index (χ3n) is 7.24. The molecule has 3 aliphatic rings. The third-order valence-corrected chi connectivity index (χ3v) is 7.24. The van der Waals surface area contributed by atoms with Crippen molar-refractivity contribution in [2.75, 3.05) is 0 Å². The monoisotopic (exact) mass is 306 g/mol. The lowest BCUT2D eigenvalue weighted by Crippen LogP contribution is -2.53. The summed E-state index contributed by atoms with van der Waals surface area (Å²) in [5, 5.41) is 19.9. The van der Waals surface area contributed by atoms with Gasteiger partial charge in [0.15, 0.2) is 0 Å². The number of rotatable bonds is 1. The second kappa shape index (κ2) is 5.36. The topological polar surface area (TPSA) is 57.5 Å². The molecular formula is C19H30O3. The molecule has 5 atom stereocenters. The van der Waals surface area contributed by atoms with E-state index in [1.807, 2.05) is 6.08 Å². The average molecular weight is 306 g/mol. The molecule has 3 nitrogen and oxygen atoms in total. The van der Waals surface area contributed by atoms with Gasteiger partial charge in [-0.2, -0.15) is 0 Å². The molecule has 0 bridgehead atoms. The van der Waals surface area contributed by atoms with Crippen molar-refractivity contribution < 1.29 is 15.0 Å². The van der Waals surface area contributed by atoms with Gasteiger partial charge in [-0.3, -0.25) is 0 Å². The van der Waals surface area contributed by atoms with Gasteiger partial charge in [0.05, 0.1) is 6.10 Å². The summed E-state index contributed by atoms with van der Waals surface area (Å²) in [6, 6.07) is 0. The number of carboxylic acids is 1. The summed E-state index contributed by atoms with van der Waals surface area (Å²) in [7, 11) is 0. The lowest BCUT2D eigenvalue weighted by atomic mass is 9.45. The van der Waals surface area contributed by atoms with E-state index < -0.39 is 12.1 Å². The maximum Gasteiger partial charge on any atom is 0.331 e. The molecule has 2 saturated carbocycles. The fraction of sp³-hybridized carbons (Fsp3) is 0.842. The second-order valence-electron chi connectivity index (χ2n) is 8.79. The molecule has 124 valence electrons. The predicted octanol–water partition coefficient (Wildman–Crippen LogP) is 4.01. The first-order chi connectivity index (χ1) is 10.3. The van der Waals surface area contributed by atoms with Crippen molar-refractivity contribution in [3.63, 3.8) is 0 Å². The van der Waals surface area contributed by atoms with Crippen molar-refractivity contribution >= 4 is 5.97 Å². The van der Waals surface area contributed by atoms with Crippen molar-refractivity contribution in [2.24, 2.45) is 28.6 Å². The molecule has 3 rings (SSSR count). The summed E-state index contributed by atoms with van der Waals surface area (Å²) in [5.74, 6) is 0.534. The highest BCUT2D eigenvalue weighted by Gasteiger charge is 2.55. The Morgan fingerprint density at radius 2 is 1.95 bits per heavy atom. The number of hydrogen-bond acceptors (Lipinski definition) is 2. The molecular weight excluding hydrogens is 276 g/mol. The Balaban J connectivity index is 1.95. The maximum absolute atomic E-state index is 11.3.